The summed E-state index contributed by atoms with van der Waals surface area (Å²) in [5, 5.41) is 4.32. The Morgan fingerprint density at radius 3 is 2.68 bits per heavy atom. The molecule has 0 saturated carbocycles. The molecule has 1 saturated heterocycles. The zero-order valence-corrected chi connectivity index (χ0v) is 19.9. The highest BCUT2D eigenvalue weighted by atomic mass is 32.2. The van der Waals surface area contributed by atoms with Gasteiger partial charge >= 0.3 is 0 Å². The van der Waals surface area contributed by atoms with Gasteiger partial charge in [0, 0.05) is 30.4 Å². The Kier molecular flexibility index (Phi) is 6.83. The quantitative estimate of drug-likeness (QED) is 0.392. The van der Waals surface area contributed by atoms with Gasteiger partial charge in [-0.2, -0.15) is 0 Å². The number of benzene rings is 3. The van der Waals surface area contributed by atoms with Crippen LogP contribution in [-0.2, 0) is 17.9 Å². The molecule has 2 heterocycles. The number of imidazole rings is 1. The largest absolute Gasteiger partial charge is 0.496 e. The van der Waals surface area contributed by atoms with Gasteiger partial charge in [-0.1, -0.05) is 72.4 Å². The van der Waals surface area contributed by atoms with Crippen molar-refractivity contribution in [2.75, 3.05) is 13.7 Å². The third kappa shape index (κ3) is 5.11. The number of aromatic amines is 1. The number of likely N-dealkylation sites (tertiary alicyclic amines) is 1. The SMILES string of the molecule is COc1ccccc1CNC(=O)[C@@H]1C[C@H](Sc2nc3ccccc3[nH]2)CN1Cc1ccccc1. The second kappa shape index (κ2) is 10.3. The molecule has 0 unspecified atom stereocenters. The molecule has 6 nitrogen and oxygen atoms in total. The lowest BCUT2D eigenvalue weighted by Crippen LogP contribution is -2.42. The van der Waals surface area contributed by atoms with Crippen LogP contribution in [-0.4, -0.2) is 45.7 Å². The molecule has 1 aliphatic rings. The van der Waals surface area contributed by atoms with Crippen molar-refractivity contribution in [1.29, 1.82) is 0 Å². The van der Waals surface area contributed by atoms with Crippen LogP contribution in [0.2, 0.25) is 0 Å². The van der Waals surface area contributed by atoms with Gasteiger partial charge in [-0.15, -0.1) is 0 Å². The number of nitrogens with zero attached hydrogens (tertiary/aromatic N) is 2. The summed E-state index contributed by atoms with van der Waals surface area (Å²) in [7, 11) is 1.65. The smallest absolute Gasteiger partial charge is 0.237 e. The molecule has 1 fully saturated rings. The van der Waals surface area contributed by atoms with Crippen LogP contribution in [0.15, 0.2) is 84.0 Å². The molecule has 0 radical (unpaired) electrons. The summed E-state index contributed by atoms with van der Waals surface area (Å²) < 4.78 is 5.44. The zero-order chi connectivity index (χ0) is 23.3. The number of carbonyl (C=O) groups excluding carboxylic acids is 1. The van der Waals surface area contributed by atoms with Gasteiger partial charge < -0.3 is 15.0 Å². The maximum absolute atomic E-state index is 13.3. The molecule has 0 bridgehead atoms. The first-order valence-corrected chi connectivity index (χ1v) is 12.4. The average molecular weight is 473 g/mol. The number of amides is 1. The van der Waals surface area contributed by atoms with Gasteiger partial charge in [-0.3, -0.25) is 9.69 Å². The Hall–Kier alpha value is -3.29. The number of hydrogen-bond donors (Lipinski definition) is 2. The lowest BCUT2D eigenvalue weighted by Gasteiger charge is -2.23. The van der Waals surface area contributed by atoms with Gasteiger partial charge in [0.15, 0.2) is 5.16 Å². The molecule has 2 atom stereocenters. The third-order valence-corrected chi connectivity index (χ3v) is 7.28. The van der Waals surface area contributed by atoms with Crippen molar-refractivity contribution < 1.29 is 9.53 Å². The fourth-order valence-electron chi connectivity index (χ4n) is 4.50. The van der Waals surface area contributed by atoms with Crippen LogP contribution in [0, 0.1) is 0 Å². The van der Waals surface area contributed by atoms with Crippen LogP contribution in [0.5, 0.6) is 5.75 Å². The number of H-pyrrole nitrogens is 1. The zero-order valence-electron chi connectivity index (χ0n) is 19.1. The van der Waals surface area contributed by atoms with E-state index in [9.17, 15) is 4.79 Å². The van der Waals surface area contributed by atoms with Crippen molar-refractivity contribution in [2.45, 2.75) is 36.0 Å². The van der Waals surface area contributed by atoms with Gasteiger partial charge in [0.05, 0.1) is 24.2 Å². The van der Waals surface area contributed by atoms with Crippen LogP contribution in [0.3, 0.4) is 0 Å². The Labute approximate surface area is 203 Å². The van der Waals surface area contributed by atoms with Crippen LogP contribution in [0.25, 0.3) is 11.0 Å². The molecule has 1 amide bonds. The van der Waals surface area contributed by atoms with Crippen molar-refractivity contribution in [2.24, 2.45) is 0 Å². The van der Waals surface area contributed by atoms with E-state index in [1.54, 1.807) is 18.9 Å². The normalized spacial score (nSPS) is 18.3. The predicted molar refractivity (Wildman–Crippen MR) is 136 cm³/mol. The first-order chi connectivity index (χ1) is 16.7. The van der Waals surface area contributed by atoms with Crippen molar-refractivity contribution in [3.05, 3.63) is 90.0 Å². The maximum atomic E-state index is 13.3. The second-order valence-electron chi connectivity index (χ2n) is 8.50. The summed E-state index contributed by atoms with van der Waals surface area (Å²) in [6.45, 7) is 2.01. The first kappa shape index (κ1) is 22.5. The maximum Gasteiger partial charge on any atom is 0.237 e. The van der Waals surface area contributed by atoms with E-state index in [4.69, 9.17) is 9.72 Å². The van der Waals surface area contributed by atoms with Gasteiger partial charge in [0.25, 0.3) is 0 Å². The molecule has 5 rings (SSSR count). The number of rotatable bonds is 8. The fraction of sp³-hybridized carbons (Fsp3) is 0.259. The van der Waals surface area contributed by atoms with E-state index in [2.05, 4.69) is 27.3 Å². The number of carbonyl (C=O) groups is 1. The Balaban J connectivity index is 1.30. The summed E-state index contributed by atoms with van der Waals surface area (Å²) in [6.07, 6.45) is 0.770. The van der Waals surface area contributed by atoms with Crippen LogP contribution >= 0.6 is 11.8 Å². The molecule has 34 heavy (non-hydrogen) atoms. The molecule has 0 spiro atoms. The van der Waals surface area contributed by atoms with Crippen molar-refractivity contribution in [3.63, 3.8) is 0 Å². The number of methoxy groups -OCH3 is 1. The van der Waals surface area contributed by atoms with Crippen LogP contribution in [0.4, 0.5) is 0 Å². The number of para-hydroxylation sites is 3. The molecule has 174 valence electrons. The number of fused-ring (bicyclic) bond motifs is 1. The highest BCUT2D eigenvalue weighted by molar-refractivity contribution is 7.99. The minimum atomic E-state index is -0.197. The fourth-order valence-corrected chi connectivity index (χ4v) is 5.68. The van der Waals surface area contributed by atoms with E-state index in [-0.39, 0.29) is 17.2 Å². The highest BCUT2D eigenvalue weighted by Gasteiger charge is 2.37. The lowest BCUT2D eigenvalue weighted by molar-refractivity contribution is -0.125. The van der Waals surface area contributed by atoms with Gasteiger partial charge in [-0.25, -0.2) is 4.98 Å². The molecule has 0 aliphatic carbocycles. The van der Waals surface area contributed by atoms with Gasteiger partial charge in [0.2, 0.25) is 5.91 Å². The van der Waals surface area contributed by atoms with Gasteiger partial charge in [0.1, 0.15) is 5.75 Å². The Bertz CT molecular complexity index is 1230. The van der Waals surface area contributed by atoms with Crippen molar-refractivity contribution in [1.82, 2.24) is 20.2 Å². The third-order valence-electron chi connectivity index (χ3n) is 6.19. The number of aromatic nitrogens is 2. The van der Waals surface area contributed by atoms with E-state index < -0.39 is 0 Å². The highest BCUT2D eigenvalue weighted by Crippen LogP contribution is 2.33. The Morgan fingerprint density at radius 1 is 1.09 bits per heavy atom. The summed E-state index contributed by atoms with van der Waals surface area (Å²) >= 11 is 1.72. The van der Waals surface area contributed by atoms with Crippen molar-refractivity contribution in [3.8, 4) is 5.75 Å². The van der Waals surface area contributed by atoms with Gasteiger partial charge in [-0.05, 0) is 30.2 Å². The van der Waals surface area contributed by atoms with Crippen LogP contribution < -0.4 is 10.1 Å². The standard InChI is InChI=1S/C27H28N4O2S/c1-33-25-14-8-5-11-20(25)16-28-26(32)24-15-21(18-31(24)17-19-9-3-2-4-10-19)34-27-29-22-12-6-7-13-23(22)30-27/h2-14,21,24H,15-18H2,1H3,(H,28,32)(H,29,30)/t21-,24-/m0/s1. The Morgan fingerprint density at radius 2 is 1.85 bits per heavy atom. The van der Waals surface area contributed by atoms with E-state index in [1.807, 2.05) is 66.7 Å². The summed E-state index contributed by atoms with van der Waals surface area (Å²) in [5.74, 6) is 0.836. The predicted octanol–water partition coefficient (Wildman–Crippen LogP) is 4.62. The molecule has 1 aromatic heterocycles. The molecule has 1 aliphatic heterocycles. The number of ether oxygens (including phenoxy) is 1. The monoisotopic (exact) mass is 472 g/mol. The number of hydrogen-bond acceptors (Lipinski definition) is 5. The minimum Gasteiger partial charge on any atom is -0.496 e. The second-order valence-corrected chi connectivity index (χ2v) is 9.78. The number of thioether (sulfide) groups is 1. The van der Waals surface area contributed by atoms with E-state index >= 15 is 0 Å². The molecule has 7 heteroatoms. The van der Waals surface area contributed by atoms with E-state index in [0.29, 0.717) is 6.54 Å². The molecule has 3 aromatic carbocycles. The lowest BCUT2D eigenvalue weighted by atomic mass is 10.1. The first-order valence-electron chi connectivity index (χ1n) is 11.5. The molecule has 4 aromatic rings. The summed E-state index contributed by atoms with van der Waals surface area (Å²) in [6, 6.07) is 26.0. The summed E-state index contributed by atoms with van der Waals surface area (Å²) in [5.41, 5.74) is 4.18. The number of nitrogens with one attached hydrogen (secondary N) is 2. The van der Waals surface area contributed by atoms with Crippen molar-refractivity contribution >= 4 is 28.7 Å². The molecular weight excluding hydrogens is 444 g/mol. The summed E-state index contributed by atoms with van der Waals surface area (Å²) in [4.78, 5) is 23.8. The van der Waals surface area contributed by atoms with E-state index in [1.165, 1.54) is 5.56 Å². The average Bonchev–Trinajstić information content (AvgIpc) is 3.46. The minimum absolute atomic E-state index is 0.0505. The van der Waals surface area contributed by atoms with E-state index in [0.717, 1.165) is 47.0 Å². The molecular formula is C27H28N4O2S. The topological polar surface area (TPSA) is 70.2 Å². The molecule has 2 N–H and O–H groups in total. The van der Waals surface area contributed by atoms with Crippen LogP contribution in [0.1, 0.15) is 17.5 Å².